The van der Waals surface area contributed by atoms with Crippen LogP contribution in [0.2, 0.25) is 0 Å². The first-order chi connectivity index (χ1) is 11.4. The van der Waals surface area contributed by atoms with E-state index in [2.05, 4.69) is 29.2 Å². The van der Waals surface area contributed by atoms with Crippen LogP contribution in [-0.2, 0) is 0 Å². The second kappa shape index (κ2) is 6.59. The van der Waals surface area contributed by atoms with Crippen molar-refractivity contribution in [1.82, 2.24) is 4.98 Å². The van der Waals surface area contributed by atoms with Gasteiger partial charge >= 0.3 is 0 Å². The van der Waals surface area contributed by atoms with Gasteiger partial charge in [0.05, 0.1) is 16.8 Å². The molecule has 4 heteroatoms. The molecule has 0 bridgehead atoms. The Bertz CT molecular complexity index is 730. The molecule has 23 heavy (non-hydrogen) atoms. The lowest BCUT2D eigenvalue weighted by Gasteiger charge is -2.31. The molecular formula is C19H20N2OS. The fraction of sp³-hybridized carbons (Fsp3) is 0.316. The molecule has 4 rings (SSSR count). The van der Waals surface area contributed by atoms with E-state index in [-0.39, 0.29) is 0 Å². The van der Waals surface area contributed by atoms with Gasteiger partial charge in [-0.1, -0.05) is 41.7 Å². The molecule has 0 radical (unpaired) electrons. The first-order valence-corrected chi connectivity index (χ1v) is 8.98. The molecule has 1 aliphatic rings. The minimum absolute atomic E-state index is 0.640. The number of rotatable bonds is 4. The molecule has 0 spiro atoms. The first-order valence-electron chi connectivity index (χ1n) is 8.17. The number of aromatic nitrogens is 1. The number of piperidine rings is 1. The van der Waals surface area contributed by atoms with Crippen LogP contribution < -0.4 is 9.64 Å². The zero-order valence-corrected chi connectivity index (χ0v) is 13.8. The fourth-order valence-electron chi connectivity index (χ4n) is 3.02. The number of para-hydroxylation sites is 2. The highest BCUT2D eigenvalue weighted by molar-refractivity contribution is 7.22. The zero-order chi connectivity index (χ0) is 15.5. The lowest BCUT2D eigenvalue weighted by molar-refractivity contribution is 0.223. The smallest absolute Gasteiger partial charge is 0.186 e. The molecule has 0 unspecified atom stereocenters. The molecular weight excluding hydrogens is 304 g/mol. The Kier molecular flexibility index (Phi) is 4.16. The van der Waals surface area contributed by atoms with E-state index in [9.17, 15) is 0 Å². The molecule has 0 atom stereocenters. The number of thiazole rings is 1. The number of benzene rings is 2. The third-order valence-corrected chi connectivity index (χ3v) is 5.49. The largest absolute Gasteiger partial charge is 0.493 e. The Hall–Kier alpha value is -2.07. The molecule has 1 fully saturated rings. The van der Waals surface area contributed by atoms with Crippen LogP contribution >= 0.6 is 11.3 Å². The second-order valence-electron chi connectivity index (χ2n) is 6.02. The Balaban J connectivity index is 1.33. The minimum atomic E-state index is 0.640. The maximum atomic E-state index is 5.90. The summed E-state index contributed by atoms with van der Waals surface area (Å²) in [4.78, 5) is 7.19. The standard InChI is InChI=1S/C19H20N2OS/c1-2-6-16(7-3-1)22-14-15-10-12-21(13-11-15)19-20-17-8-4-5-9-18(17)23-19/h1-9,15H,10-14H2. The fourth-order valence-corrected chi connectivity index (χ4v) is 4.03. The van der Waals surface area contributed by atoms with Crippen LogP contribution in [0.5, 0.6) is 5.75 Å². The van der Waals surface area contributed by atoms with Crippen molar-refractivity contribution in [1.29, 1.82) is 0 Å². The third-order valence-electron chi connectivity index (χ3n) is 4.40. The molecule has 1 aromatic heterocycles. The summed E-state index contributed by atoms with van der Waals surface area (Å²) in [5, 5.41) is 1.16. The number of nitrogens with zero attached hydrogens (tertiary/aromatic N) is 2. The number of hydrogen-bond donors (Lipinski definition) is 0. The highest BCUT2D eigenvalue weighted by Crippen LogP contribution is 2.31. The van der Waals surface area contributed by atoms with Crippen molar-refractivity contribution >= 4 is 26.7 Å². The van der Waals surface area contributed by atoms with Crippen LogP contribution in [-0.4, -0.2) is 24.7 Å². The predicted octanol–water partition coefficient (Wildman–Crippen LogP) is 4.59. The van der Waals surface area contributed by atoms with Crippen molar-refractivity contribution in [2.75, 3.05) is 24.6 Å². The summed E-state index contributed by atoms with van der Waals surface area (Å²) >= 11 is 1.80. The van der Waals surface area contributed by atoms with E-state index >= 15 is 0 Å². The number of anilines is 1. The quantitative estimate of drug-likeness (QED) is 0.702. The van der Waals surface area contributed by atoms with E-state index in [0.717, 1.165) is 36.1 Å². The van der Waals surface area contributed by atoms with E-state index in [0.29, 0.717) is 5.92 Å². The van der Waals surface area contributed by atoms with Crippen molar-refractivity contribution < 1.29 is 4.74 Å². The topological polar surface area (TPSA) is 25.4 Å². The average molecular weight is 324 g/mol. The molecule has 0 amide bonds. The summed E-state index contributed by atoms with van der Waals surface area (Å²) < 4.78 is 7.18. The number of ether oxygens (including phenoxy) is 1. The summed E-state index contributed by atoms with van der Waals surface area (Å²) in [7, 11) is 0. The highest BCUT2D eigenvalue weighted by atomic mass is 32.1. The van der Waals surface area contributed by atoms with Crippen molar-refractivity contribution in [3.8, 4) is 5.75 Å². The molecule has 3 aromatic rings. The van der Waals surface area contributed by atoms with Crippen molar-refractivity contribution in [3.05, 3.63) is 54.6 Å². The van der Waals surface area contributed by atoms with Crippen molar-refractivity contribution in [2.45, 2.75) is 12.8 Å². The minimum Gasteiger partial charge on any atom is -0.493 e. The molecule has 2 aromatic carbocycles. The van der Waals surface area contributed by atoms with Gasteiger partial charge in [-0.25, -0.2) is 4.98 Å². The van der Waals surface area contributed by atoms with E-state index in [4.69, 9.17) is 9.72 Å². The van der Waals surface area contributed by atoms with Gasteiger partial charge in [-0.2, -0.15) is 0 Å². The van der Waals surface area contributed by atoms with Gasteiger partial charge in [0.2, 0.25) is 0 Å². The van der Waals surface area contributed by atoms with Crippen LogP contribution in [0.25, 0.3) is 10.2 Å². The summed E-state index contributed by atoms with van der Waals surface area (Å²) in [5.41, 5.74) is 1.11. The maximum Gasteiger partial charge on any atom is 0.186 e. The van der Waals surface area contributed by atoms with Gasteiger partial charge in [-0.3, -0.25) is 0 Å². The molecule has 3 nitrogen and oxygen atoms in total. The Morgan fingerprint density at radius 2 is 1.74 bits per heavy atom. The Labute approximate surface area is 140 Å². The molecule has 118 valence electrons. The van der Waals surface area contributed by atoms with Crippen molar-refractivity contribution in [3.63, 3.8) is 0 Å². The molecule has 1 saturated heterocycles. The van der Waals surface area contributed by atoms with Gasteiger partial charge in [-0.05, 0) is 43.0 Å². The number of fused-ring (bicyclic) bond motifs is 1. The summed E-state index contributed by atoms with van der Waals surface area (Å²) in [6.45, 7) is 2.96. The van der Waals surface area contributed by atoms with E-state index < -0.39 is 0 Å². The van der Waals surface area contributed by atoms with Crippen LogP contribution in [0.4, 0.5) is 5.13 Å². The molecule has 2 heterocycles. The zero-order valence-electron chi connectivity index (χ0n) is 13.0. The monoisotopic (exact) mass is 324 g/mol. The van der Waals surface area contributed by atoms with Crippen LogP contribution in [0.15, 0.2) is 54.6 Å². The predicted molar refractivity (Wildman–Crippen MR) is 96.5 cm³/mol. The lowest BCUT2D eigenvalue weighted by atomic mass is 9.98. The average Bonchev–Trinajstić information content (AvgIpc) is 3.05. The van der Waals surface area contributed by atoms with Gasteiger partial charge in [-0.15, -0.1) is 0 Å². The number of hydrogen-bond acceptors (Lipinski definition) is 4. The lowest BCUT2D eigenvalue weighted by Crippen LogP contribution is -2.35. The van der Waals surface area contributed by atoms with E-state index in [1.807, 2.05) is 30.3 Å². The summed E-state index contributed by atoms with van der Waals surface area (Å²) in [5.74, 6) is 1.61. The normalized spacial score (nSPS) is 15.9. The second-order valence-corrected chi connectivity index (χ2v) is 7.03. The Morgan fingerprint density at radius 3 is 2.52 bits per heavy atom. The first kappa shape index (κ1) is 14.5. The van der Waals surface area contributed by atoms with Gasteiger partial charge in [0, 0.05) is 13.1 Å². The van der Waals surface area contributed by atoms with Gasteiger partial charge in [0.15, 0.2) is 5.13 Å². The van der Waals surface area contributed by atoms with Crippen LogP contribution in [0, 0.1) is 5.92 Å². The third kappa shape index (κ3) is 3.32. The van der Waals surface area contributed by atoms with Gasteiger partial charge in [0.1, 0.15) is 5.75 Å². The summed E-state index contributed by atoms with van der Waals surface area (Å²) in [6.07, 6.45) is 2.34. The molecule has 0 N–H and O–H groups in total. The van der Waals surface area contributed by atoms with E-state index in [1.54, 1.807) is 11.3 Å². The van der Waals surface area contributed by atoms with Crippen molar-refractivity contribution in [2.24, 2.45) is 5.92 Å². The highest BCUT2D eigenvalue weighted by Gasteiger charge is 2.22. The molecule has 1 aliphatic heterocycles. The molecule has 0 saturated carbocycles. The SMILES string of the molecule is c1ccc(OCC2CCN(c3nc4ccccc4s3)CC2)cc1. The summed E-state index contributed by atoms with van der Waals surface area (Å²) in [6, 6.07) is 18.5. The van der Waals surface area contributed by atoms with Gasteiger partial charge in [0.25, 0.3) is 0 Å². The Morgan fingerprint density at radius 1 is 1.00 bits per heavy atom. The van der Waals surface area contributed by atoms with E-state index in [1.165, 1.54) is 17.5 Å². The van der Waals surface area contributed by atoms with Crippen LogP contribution in [0.3, 0.4) is 0 Å². The maximum absolute atomic E-state index is 5.90. The molecule has 0 aliphatic carbocycles. The van der Waals surface area contributed by atoms with Crippen LogP contribution in [0.1, 0.15) is 12.8 Å². The van der Waals surface area contributed by atoms with Gasteiger partial charge < -0.3 is 9.64 Å².